The van der Waals surface area contributed by atoms with E-state index in [1.54, 1.807) is 0 Å². The van der Waals surface area contributed by atoms with E-state index in [0.717, 1.165) is 19.4 Å². The smallest absolute Gasteiger partial charge is 0.234 e. The highest BCUT2D eigenvalue weighted by Crippen LogP contribution is 2.31. The average Bonchev–Trinajstić information content (AvgIpc) is 3.01. The Balaban J connectivity index is 2.06. The van der Waals surface area contributed by atoms with E-state index in [0.29, 0.717) is 26.1 Å². The first-order valence-corrected chi connectivity index (χ1v) is 7.08. The fraction of sp³-hybridized carbons (Fsp3) is 0.846. The average molecular weight is 285 g/mol. The molecule has 2 atom stereocenters. The summed E-state index contributed by atoms with van der Waals surface area (Å²) in [5.74, 6) is -0.253. The van der Waals surface area contributed by atoms with Gasteiger partial charge in [0.2, 0.25) is 5.91 Å². The molecule has 0 saturated carbocycles. The molecule has 0 aromatic carbocycles. The Hall–Kier alpha value is -1.34. The lowest BCUT2D eigenvalue weighted by molar-refractivity contribution is -0.133. The Morgan fingerprint density at radius 1 is 1.45 bits per heavy atom. The van der Waals surface area contributed by atoms with Gasteiger partial charge in [-0.1, -0.05) is 5.16 Å². The summed E-state index contributed by atoms with van der Waals surface area (Å²) in [6.45, 7) is 3.52. The summed E-state index contributed by atoms with van der Waals surface area (Å²) in [4.78, 5) is 12.6. The standard InChI is InChI=1S/C13H23N3O4/c1-9(10-3-2-6-20-10)15-12(17)13(11(14)16-18)4-7-19-8-5-13/h9-10,18H,2-8H2,1H3,(H2,14,16)(H,15,17). The largest absolute Gasteiger partial charge is 0.409 e. The molecule has 0 radical (unpaired) electrons. The van der Waals surface area contributed by atoms with Crippen molar-refractivity contribution in [3.63, 3.8) is 0 Å². The number of amidine groups is 1. The van der Waals surface area contributed by atoms with Crippen molar-refractivity contribution in [3.05, 3.63) is 0 Å². The van der Waals surface area contributed by atoms with E-state index in [2.05, 4.69) is 10.5 Å². The van der Waals surface area contributed by atoms with Crippen LogP contribution in [0, 0.1) is 5.41 Å². The number of ether oxygens (including phenoxy) is 2. The molecule has 4 N–H and O–H groups in total. The molecule has 2 unspecified atom stereocenters. The van der Waals surface area contributed by atoms with Crippen LogP contribution < -0.4 is 11.1 Å². The number of carbonyl (C=O) groups excluding carboxylic acids is 1. The van der Waals surface area contributed by atoms with Gasteiger partial charge in [0.05, 0.1) is 12.1 Å². The first kappa shape index (κ1) is 15.1. The van der Waals surface area contributed by atoms with Crippen molar-refractivity contribution in [2.24, 2.45) is 16.3 Å². The summed E-state index contributed by atoms with van der Waals surface area (Å²) in [5.41, 5.74) is 4.79. The summed E-state index contributed by atoms with van der Waals surface area (Å²) < 4.78 is 10.8. The van der Waals surface area contributed by atoms with Crippen LogP contribution in [0.5, 0.6) is 0 Å². The van der Waals surface area contributed by atoms with Gasteiger partial charge in [-0.2, -0.15) is 0 Å². The Morgan fingerprint density at radius 2 is 2.15 bits per heavy atom. The van der Waals surface area contributed by atoms with Crippen molar-refractivity contribution in [1.29, 1.82) is 0 Å². The Morgan fingerprint density at radius 3 is 2.70 bits per heavy atom. The van der Waals surface area contributed by atoms with Crippen molar-refractivity contribution in [3.8, 4) is 0 Å². The third kappa shape index (κ3) is 2.88. The van der Waals surface area contributed by atoms with Gasteiger partial charge in [0.15, 0.2) is 5.84 Å². The number of hydrogen-bond donors (Lipinski definition) is 3. The molecular formula is C13H23N3O4. The summed E-state index contributed by atoms with van der Waals surface area (Å²) in [5, 5.41) is 15.0. The zero-order valence-electron chi connectivity index (χ0n) is 11.8. The maximum atomic E-state index is 12.6. The molecule has 20 heavy (non-hydrogen) atoms. The molecule has 0 bridgehead atoms. The molecule has 2 saturated heterocycles. The van der Waals surface area contributed by atoms with E-state index in [9.17, 15) is 4.79 Å². The van der Waals surface area contributed by atoms with Crippen LogP contribution in [0.2, 0.25) is 0 Å². The molecule has 0 aromatic rings. The zero-order chi connectivity index (χ0) is 14.6. The molecule has 0 aromatic heterocycles. The molecule has 2 aliphatic rings. The lowest BCUT2D eigenvalue weighted by Crippen LogP contribution is -2.55. The normalized spacial score (nSPS) is 28.1. The van der Waals surface area contributed by atoms with E-state index < -0.39 is 5.41 Å². The summed E-state index contributed by atoms with van der Waals surface area (Å²) in [7, 11) is 0. The zero-order valence-corrected chi connectivity index (χ0v) is 11.8. The van der Waals surface area contributed by atoms with Gasteiger partial charge >= 0.3 is 0 Å². The molecular weight excluding hydrogens is 262 g/mol. The predicted octanol–water partition coefficient (Wildman–Crippen LogP) is 0.213. The number of amides is 1. The fourth-order valence-electron chi connectivity index (χ4n) is 2.85. The van der Waals surface area contributed by atoms with Crippen LogP contribution in [0.15, 0.2) is 5.16 Å². The first-order valence-electron chi connectivity index (χ1n) is 7.08. The summed E-state index contributed by atoms with van der Waals surface area (Å²) in [6.07, 6.45) is 2.86. The topological polar surface area (TPSA) is 106 Å². The number of nitrogens with zero attached hydrogens (tertiary/aromatic N) is 1. The Kier molecular flexibility index (Phi) is 4.82. The second-order valence-corrected chi connectivity index (χ2v) is 5.49. The number of rotatable bonds is 4. The molecule has 0 spiro atoms. The summed E-state index contributed by atoms with van der Waals surface area (Å²) >= 11 is 0. The van der Waals surface area contributed by atoms with Gasteiger partial charge in [0.25, 0.3) is 0 Å². The van der Waals surface area contributed by atoms with Crippen molar-refractivity contribution in [1.82, 2.24) is 5.32 Å². The minimum atomic E-state index is -0.972. The SMILES string of the molecule is CC(NC(=O)C1(C(N)=NO)CCOCC1)C1CCCO1. The predicted molar refractivity (Wildman–Crippen MR) is 72.5 cm³/mol. The molecule has 7 nitrogen and oxygen atoms in total. The van der Waals surface area contributed by atoms with Crippen LogP contribution in [0.25, 0.3) is 0 Å². The molecule has 2 fully saturated rings. The molecule has 2 rings (SSSR count). The number of hydrogen-bond acceptors (Lipinski definition) is 5. The Bertz CT molecular complexity index is 374. The van der Waals surface area contributed by atoms with Crippen molar-refractivity contribution < 1.29 is 19.5 Å². The molecule has 2 aliphatic heterocycles. The fourth-order valence-corrected chi connectivity index (χ4v) is 2.85. The number of nitrogens with two attached hydrogens (primary N) is 1. The highest BCUT2D eigenvalue weighted by Gasteiger charge is 2.45. The lowest BCUT2D eigenvalue weighted by atomic mass is 9.78. The van der Waals surface area contributed by atoms with Gasteiger partial charge in [-0.15, -0.1) is 0 Å². The third-order valence-electron chi connectivity index (χ3n) is 4.26. The highest BCUT2D eigenvalue weighted by atomic mass is 16.5. The lowest BCUT2D eigenvalue weighted by Gasteiger charge is -2.35. The van der Waals surface area contributed by atoms with Crippen molar-refractivity contribution in [2.45, 2.75) is 44.8 Å². The number of nitrogens with one attached hydrogen (secondary N) is 1. The van der Waals surface area contributed by atoms with E-state index in [4.69, 9.17) is 20.4 Å². The van der Waals surface area contributed by atoms with Crippen LogP contribution in [-0.2, 0) is 14.3 Å². The second-order valence-electron chi connectivity index (χ2n) is 5.49. The van der Waals surface area contributed by atoms with Gasteiger partial charge < -0.3 is 25.7 Å². The molecule has 2 heterocycles. The minimum Gasteiger partial charge on any atom is -0.409 e. The van der Waals surface area contributed by atoms with E-state index >= 15 is 0 Å². The molecule has 7 heteroatoms. The maximum absolute atomic E-state index is 12.6. The van der Waals surface area contributed by atoms with Crippen LogP contribution in [-0.4, -0.2) is 48.9 Å². The van der Waals surface area contributed by atoms with Gasteiger partial charge in [0.1, 0.15) is 5.41 Å². The van der Waals surface area contributed by atoms with E-state index in [1.807, 2.05) is 6.92 Å². The quantitative estimate of drug-likeness (QED) is 0.296. The summed E-state index contributed by atoms with van der Waals surface area (Å²) in [6, 6.07) is -0.0868. The minimum absolute atomic E-state index is 0.0437. The van der Waals surface area contributed by atoms with Gasteiger partial charge in [-0.3, -0.25) is 4.79 Å². The van der Waals surface area contributed by atoms with Crippen LogP contribution in [0.4, 0.5) is 0 Å². The molecule has 114 valence electrons. The van der Waals surface area contributed by atoms with Crippen molar-refractivity contribution >= 4 is 11.7 Å². The molecule has 1 amide bonds. The van der Waals surface area contributed by atoms with Gasteiger partial charge in [-0.25, -0.2) is 0 Å². The first-order chi connectivity index (χ1) is 9.60. The van der Waals surface area contributed by atoms with Gasteiger partial charge in [-0.05, 0) is 32.6 Å². The Labute approximate surface area is 118 Å². The second kappa shape index (κ2) is 6.41. The number of oxime groups is 1. The third-order valence-corrected chi connectivity index (χ3v) is 4.26. The van der Waals surface area contributed by atoms with Crippen molar-refractivity contribution in [2.75, 3.05) is 19.8 Å². The van der Waals surface area contributed by atoms with E-state index in [-0.39, 0.29) is 23.9 Å². The maximum Gasteiger partial charge on any atom is 0.234 e. The van der Waals surface area contributed by atoms with E-state index in [1.165, 1.54) is 0 Å². The van der Waals surface area contributed by atoms with Crippen LogP contribution in [0.3, 0.4) is 0 Å². The molecule has 0 aliphatic carbocycles. The van der Waals surface area contributed by atoms with Crippen LogP contribution >= 0.6 is 0 Å². The highest BCUT2D eigenvalue weighted by molar-refractivity contribution is 6.06. The number of carbonyl (C=O) groups is 1. The monoisotopic (exact) mass is 285 g/mol. The van der Waals surface area contributed by atoms with Crippen LogP contribution in [0.1, 0.15) is 32.6 Å². The van der Waals surface area contributed by atoms with Gasteiger partial charge in [0, 0.05) is 19.8 Å².